The zero-order valence-corrected chi connectivity index (χ0v) is 11.5. The van der Waals surface area contributed by atoms with Gasteiger partial charge in [0.2, 0.25) is 10.0 Å². The number of sulfonamides is 1. The van der Waals surface area contributed by atoms with Gasteiger partial charge in [0, 0.05) is 29.7 Å². The minimum absolute atomic E-state index is 0.0226. The van der Waals surface area contributed by atoms with E-state index in [4.69, 9.17) is 11.6 Å². The van der Waals surface area contributed by atoms with Crippen LogP contribution in [0.2, 0.25) is 5.02 Å². The summed E-state index contributed by atoms with van der Waals surface area (Å²) in [4.78, 5) is 7.77. The Morgan fingerprint density at radius 1 is 1.16 bits per heavy atom. The number of nitrogens with one attached hydrogen (secondary N) is 1. The first-order valence-electron chi connectivity index (χ1n) is 5.56. The molecule has 0 saturated heterocycles. The topological polar surface area (TPSA) is 72.0 Å². The molecule has 0 saturated carbocycles. The quantitative estimate of drug-likeness (QED) is 0.917. The summed E-state index contributed by atoms with van der Waals surface area (Å²) < 4.78 is 26.1. The number of aryl methyl sites for hydroxylation is 1. The van der Waals surface area contributed by atoms with E-state index in [1.54, 1.807) is 30.6 Å². The van der Waals surface area contributed by atoms with E-state index in [0.29, 0.717) is 11.4 Å². The molecule has 0 aliphatic rings. The van der Waals surface area contributed by atoms with Gasteiger partial charge in [0.1, 0.15) is 5.82 Å². The Balaban J connectivity index is 1.99. The smallest absolute Gasteiger partial charge is 0.234 e. The molecule has 100 valence electrons. The van der Waals surface area contributed by atoms with Crippen molar-refractivity contribution < 1.29 is 8.42 Å². The third kappa shape index (κ3) is 4.50. The molecular weight excluding hydrogens is 286 g/mol. The van der Waals surface area contributed by atoms with Crippen LogP contribution in [0.1, 0.15) is 5.56 Å². The largest absolute Gasteiger partial charge is 0.267 e. The molecule has 0 radical (unpaired) electrons. The van der Waals surface area contributed by atoms with Gasteiger partial charge in [-0.3, -0.25) is 9.71 Å². The van der Waals surface area contributed by atoms with E-state index in [2.05, 4.69) is 14.7 Å². The summed E-state index contributed by atoms with van der Waals surface area (Å²) in [6.07, 6.45) is 5.13. The number of hydrogen-bond donors (Lipinski definition) is 1. The van der Waals surface area contributed by atoms with Crippen molar-refractivity contribution >= 4 is 27.4 Å². The summed E-state index contributed by atoms with van der Waals surface area (Å²) in [5, 5.41) is 0.432. The molecule has 2 aromatic rings. The predicted octanol–water partition coefficient (Wildman–Crippen LogP) is 2.11. The monoisotopic (exact) mass is 297 g/mol. The van der Waals surface area contributed by atoms with Gasteiger partial charge >= 0.3 is 0 Å². The Morgan fingerprint density at radius 3 is 2.58 bits per heavy atom. The van der Waals surface area contributed by atoms with Crippen LogP contribution in [0.3, 0.4) is 0 Å². The molecule has 0 bridgehead atoms. The molecule has 2 aromatic heterocycles. The maximum atomic E-state index is 11.9. The molecule has 0 aromatic carbocycles. The second-order valence-corrected chi connectivity index (χ2v) is 6.16. The van der Waals surface area contributed by atoms with Crippen molar-refractivity contribution in [3.63, 3.8) is 0 Å². The minimum atomic E-state index is -3.44. The fourth-order valence-electron chi connectivity index (χ4n) is 1.47. The van der Waals surface area contributed by atoms with Gasteiger partial charge in [0.05, 0.1) is 5.75 Å². The lowest BCUT2D eigenvalue weighted by atomic mass is 10.2. The number of halogens is 1. The first-order valence-corrected chi connectivity index (χ1v) is 7.59. The van der Waals surface area contributed by atoms with Crippen molar-refractivity contribution in [3.05, 3.63) is 53.4 Å². The molecule has 1 N–H and O–H groups in total. The molecule has 0 unspecified atom stereocenters. The van der Waals surface area contributed by atoms with E-state index in [0.717, 1.165) is 5.56 Å². The SMILES string of the molecule is O=S(=O)(CCc1ccncc1)Nc1cc(Cl)ccn1. The van der Waals surface area contributed by atoms with Crippen LogP contribution in [0.4, 0.5) is 5.82 Å². The lowest BCUT2D eigenvalue weighted by Crippen LogP contribution is -2.18. The van der Waals surface area contributed by atoms with Crippen molar-refractivity contribution in [2.24, 2.45) is 0 Å². The molecule has 7 heteroatoms. The second-order valence-electron chi connectivity index (χ2n) is 3.89. The Bertz CT molecular complexity index is 647. The number of pyridine rings is 2. The van der Waals surface area contributed by atoms with E-state index in [1.165, 1.54) is 12.3 Å². The Kier molecular flexibility index (Phi) is 4.34. The summed E-state index contributed by atoms with van der Waals surface area (Å²) in [6.45, 7) is 0. The molecule has 0 amide bonds. The standard InChI is InChI=1S/C12H12ClN3O2S/c13-11-3-7-15-12(9-11)16-19(17,18)8-4-10-1-5-14-6-2-10/h1-3,5-7,9H,4,8H2,(H,15,16). The van der Waals surface area contributed by atoms with Gasteiger partial charge in [-0.15, -0.1) is 0 Å². The van der Waals surface area contributed by atoms with E-state index < -0.39 is 10.0 Å². The van der Waals surface area contributed by atoms with E-state index >= 15 is 0 Å². The van der Waals surface area contributed by atoms with Crippen LogP contribution >= 0.6 is 11.6 Å². The van der Waals surface area contributed by atoms with E-state index in [1.807, 2.05) is 0 Å². The highest BCUT2D eigenvalue weighted by Crippen LogP contribution is 2.13. The zero-order chi connectivity index (χ0) is 13.7. The number of anilines is 1. The Labute approximate surface area is 116 Å². The molecule has 0 atom stereocenters. The lowest BCUT2D eigenvalue weighted by Gasteiger charge is -2.07. The molecule has 0 aliphatic carbocycles. The van der Waals surface area contributed by atoms with Gasteiger partial charge in [-0.2, -0.15) is 0 Å². The van der Waals surface area contributed by atoms with Crippen molar-refractivity contribution in [2.75, 3.05) is 10.5 Å². The van der Waals surface area contributed by atoms with Gasteiger partial charge in [0.15, 0.2) is 0 Å². The van der Waals surface area contributed by atoms with Gasteiger partial charge in [-0.25, -0.2) is 13.4 Å². The predicted molar refractivity (Wildman–Crippen MR) is 74.6 cm³/mol. The third-order valence-electron chi connectivity index (χ3n) is 2.39. The summed E-state index contributed by atoms with van der Waals surface area (Å²) >= 11 is 5.76. The first-order chi connectivity index (χ1) is 9.05. The Hall–Kier alpha value is -1.66. The molecular formula is C12H12ClN3O2S. The third-order valence-corrected chi connectivity index (χ3v) is 3.89. The number of nitrogens with zero attached hydrogens (tertiary/aromatic N) is 2. The molecule has 19 heavy (non-hydrogen) atoms. The molecule has 5 nitrogen and oxygen atoms in total. The van der Waals surface area contributed by atoms with E-state index in [9.17, 15) is 8.42 Å². The summed E-state index contributed by atoms with van der Waals surface area (Å²) in [5.74, 6) is 0.202. The lowest BCUT2D eigenvalue weighted by molar-refractivity contribution is 0.600. The molecule has 2 heterocycles. The average Bonchev–Trinajstić information content (AvgIpc) is 2.37. The summed E-state index contributed by atoms with van der Waals surface area (Å²) in [6, 6.07) is 6.61. The molecule has 2 rings (SSSR count). The van der Waals surface area contributed by atoms with E-state index in [-0.39, 0.29) is 11.6 Å². The molecule has 0 spiro atoms. The van der Waals surface area contributed by atoms with Crippen LogP contribution in [0.5, 0.6) is 0 Å². The van der Waals surface area contributed by atoms with Crippen LogP contribution in [0.25, 0.3) is 0 Å². The highest BCUT2D eigenvalue weighted by Gasteiger charge is 2.11. The molecule has 0 fully saturated rings. The van der Waals surface area contributed by atoms with Gasteiger partial charge in [-0.1, -0.05) is 11.6 Å². The maximum Gasteiger partial charge on any atom is 0.234 e. The number of aromatic nitrogens is 2. The molecule has 0 aliphatic heterocycles. The van der Waals surface area contributed by atoms with Crippen LogP contribution < -0.4 is 4.72 Å². The highest BCUT2D eigenvalue weighted by molar-refractivity contribution is 7.92. The normalized spacial score (nSPS) is 11.2. The number of rotatable bonds is 5. The van der Waals surface area contributed by atoms with Crippen LogP contribution in [-0.2, 0) is 16.4 Å². The van der Waals surface area contributed by atoms with Gasteiger partial charge < -0.3 is 0 Å². The second kappa shape index (κ2) is 5.99. The maximum absolute atomic E-state index is 11.9. The average molecular weight is 298 g/mol. The number of hydrogen-bond acceptors (Lipinski definition) is 4. The van der Waals surface area contributed by atoms with Gasteiger partial charge in [0.25, 0.3) is 0 Å². The minimum Gasteiger partial charge on any atom is -0.267 e. The van der Waals surface area contributed by atoms with Crippen LogP contribution in [0, 0.1) is 0 Å². The van der Waals surface area contributed by atoms with Crippen molar-refractivity contribution in [2.45, 2.75) is 6.42 Å². The zero-order valence-electron chi connectivity index (χ0n) is 9.95. The highest BCUT2D eigenvalue weighted by atomic mass is 35.5. The van der Waals surface area contributed by atoms with Crippen LogP contribution in [-0.4, -0.2) is 24.1 Å². The van der Waals surface area contributed by atoms with Crippen molar-refractivity contribution in [3.8, 4) is 0 Å². The van der Waals surface area contributed by atoms with Crippen LogP contribution in [0.15, 0.2) is 42.9 Å². The first kappa shape index (κ1) is 13.8. The van der Waals surface area contributed by atoms with Crippen molar-refractivity contribution in [1.29, 1.82) is 0 Å². The fraction of sp³-hybridized carbons (Fsp3) is 0.167. The summed E-state index contributed by atoms with van der Waals surface area (Å²) in [5.41, 5.74) is 0.916. The van der Waals surface area contributed by atoms with Gasteiger partial charge in [-0.05, 0) is 30.2 Å². The van der Waals surface area contributed by atoms with Crippen molar-refractivity contribution in [1.82, 2.24) is 9.97 Å². The summed E-state index contributed by atoms with van der Waals surface area (Å²) in [7, 11) is -3.44. The fourth-order valence-corrected chi connectivity index (χ4v) is 2.67. The Morgan fingerprint density at radius 2 is 1.89 bits per heavy atom.